The van der Waals surface area contributed by atoms with Crippen LogP contribution in [-0.2, 0) is 14.3 Å². The Labute approximate surface area is 119 Å². The average molecular weight is 273 g/mol. The van der Waals surface area contributed by atoms with Crippen LogP contribution in [0.1, 0.15) is 5.56 Å². The molecule has 20 heavy (non-hydrogen) atoms. The van der Waals surface area contributed by atoms with Gasteiger partial charge in [0.05, 0.1) is 20.3 Å². The molecule has 1 saturated heterocycles. The third kappa shape index (κ3) is 3.96. The molecular weight excluding hydrogens is 254 g/mol. The quantitative estimate of drug-likeness (QED) is 0.479. The van der Waals surface area contributed by atoms with Gasteiger partial charge in [0.15, 0.2) is 5.76 Å². The smallest absolute Gasteiger partial charge is 0.289 e. The van der Waals surface area contributed by atoms with Gasteiger partial charge in [-0.2, -0.15) is 0 Å². The van der Waals surface area contributed by atoms with Crippen LogP contribution in [0, 0.1) is 0 Å². The molecule has 0 aliphatic carbocycles. The minimum absolute atomic E-state index is 0.0893. The lowest BCUT2D eigenvalue weighted by molar-refractivity contribution is -0.134. The second-order valence-corrected chi connectivity index (χ2v) is 4.41. The Bertz CT molecular complexity index is 488. The number of allylic oxidation sites excluding steroid dienone is 2. The predicted octanol–water partition coefficient (Wildman–Crippen LogP) is 2.09. The number of methoxy groups -OCH3 is 1. The van der Waals surface area contributed by atoms with Crippen molar-refractivity contribution in [3.8, 4) is 0 Å². The van der Waals surface area contributed by atoms with Crippen LogP contribution in [0.15, 0.2) is 48.2 Å². The minimum Gasteiger partial charge on any atom is -0.491 e. The first-order valence-corrected chi connectivity index (χ1v) is 6.65. The summed E-state index contributed by atoms with van der Waals surface area (Å²) in [5.41, 5.74) is 1.08. The van der Waals surface area contributed by atoms with E-state index in [9.17, 15) is 4.79 Å². The Morgan fingerprint density at radius 2 is 1.95 bits per heavy atom. The normalized spacial score (nSPS) is 16.4. The zero-order chi connectivity index (χ0) is 14.2. The van der Waals surface area contributed by atoms with Gasteiger partial charge in [0, 0.05) is 13.1 Å². The SMILES string of the molecule is CO/C(=C\C=C\c1ccccc1)C(=O)N1CCOCC1. The Morgan fingerprint density at radius 3 is 2.60 bits per heavy atom. The van der Waals surface area contributed by atoms with Gasteiger partial charge in [-0.05, 0) is 11.6 Å². The number of carbonyl (C=O) groups excluding carboxylic acids is 1. The standard InChI is InChI=1S/C16H19NO3/c1-19-15(16(18)17-10-12-20-13-11-17)9-5-8-14-6-3-2-4-7-14/h2-9H,10-13H2,1H3/b8-5+,15-9-. The first kappa shape index (κ1) is 14.3. The van der Waals surface area contributed by atoms with E-state index in [1.54, 1.807) is 11.0 Å². The molecule has 1 aromatic rings. The van der Waals surface area contributed by atoms with E-state index >= 15 is 0 Å². The molecule has 1 aromatic carbocycles. The van der Waals surface area contributed by atoms with Crippen molar-refractivity contribution in [1.82, 2.24) is 4.90 Å². The van der Waals surface area contributed by atoms with Crippen molar-refractivity contribution < 1.29 is 14.3 Å². The third-order valence-electron chi connectivity index (χ3n) is 3.06. The number of morpholine rings is 1. The highest BCUT2D eigenvalue weighted by molar-refractivity contribution is 5.92. The molecule has 0 spiro atoms. The molecule has 0 atom stereocenters. The van der Waals surface area contributed by atoms with E-state index < -0.39 is 0 Å². The van der Waals surface area contributed by atoms with Crippen LogP contribution in [0.25, 0.3) is 6.08 Å². The number of benzene rings is 1. The first-order valence-electron chi connectivity index (χ1n) is 6.65. The summed E-state index contributed by atoms with van der Waals surface area (Å²) in [6, 6.07) is 9.91. The maximum atomic E-state index is 12.2. The van der Waals surface area contributed by atoms with Crippen molar-refractivity contribution >= 4 is 12.0 Å². The zero-order valence-electron chi connectivity index (χ0n) is 11.6. The van der Waals surface area contributed by atoms with Gasteiger partial charge in [-0.25, -0.2) is 0 Å². The summed E-state index contributed by atoms with van der Waals surface area (Å²) in [5, 5.41) is 0. The molecule has 1 amide bonds. The summed E-state index contributed by atoms with van der Waals surface area (Å²) in [4.78, 5) is 14.0. The van der Waals surface area contributed by atoms with E-state index in [4.69, 9.17) is 9.47 Å². The molecular formula is C16H19NO3. The van der Waals surface area contributed by atoms with Crippen molar-refractivity contribution in [2.75, 3.05) is 33.4 Å². The molecule has 1 fully saturated rings. The number of hydrogen-bond donors (Lipinski definition) is 0. The van der Waals surface area contributed by atoms with Gasteiger partial charge in [0.25, 0.3) is 5.91 Å². The van der Waals surface area contributed by atoms with E-state index in [1.807, 2.05) is 42.5 Å². The lowest BCUT2D eigenvalue weighted by atomic mass is 10.2. The number of carbonyl (C=O) groups is 1. The fraction of sp³-hybridized carbons (Fsp3) is 0.312. The summed E-state index contributed by atoms with van der Waals surface area (Å²) in [6.45, 7) is 2.40. The van der Waals surface area contributed by atoms with Gasteiger partial charge in [-0.3, -0.25) is 4.79 Å². The molecule has 106 valence electrons. The molecule has 0 aromatic heterocycles. The summed E-state index contributed by atoms with van der Waals surface area (Å²) in [6.07, 6.45) is 5.46. The maximum Gasteiger partial charge on any atom is 0.289 e. The Morgan fingerprint density at radius 1 is 1.25 bits per heavy atom. The van der Waals surface area contributed by atoms with Crippen LogP contribution in [-0.4, -0.2) is 44.2 Å². The lowest BCUT2D eigenvalue weighted by Crippen LogP contribution is -2.41. The second-order valence-electron chi connectivity index (χ2n) is 4.41. The summed E-state index contributed by atoms with van der Waals surface area (Å²) < 4.78 is 10.4. The third-order valence-corrected chi connectivity index (χ3v) is 3.06. The lowest BCUT2D eigenvalue weighted by Gasteiger charge is -2.27. The van der Waals surface area contributed by atoms with E-state index in [-0.39, 0.29) is 5.91 Å². The van der Waals surface area contributed by atoms with Gasteiger partial charge >= 0.3 is 0 Å². The topological polar surface area (TPSA) is 38.8 Å². The average Bonchev–Trinajstić information content (AvgIpc) is 2.53. The molecule has 2 rings (SSSR count). The molecule has 0 N–H and O–H groups in total. The van der Waals surface area contributed by atoms with Crippen molar-refractivity contribution in [2.45, 2.75) is 0 Å². The van der Waals surface area contributed by atoms with Crippen molar-refractivity contribution in [2.24, 2.45) is 0 Å². The predicted molar refractivity (Wildman–Crippen MR) is 78.0 cm³/mol. The van der Waals surface area contributed by atoms with Crippen molar-refractivity contribution in [3.05, 3.63) is 53.8 Å². The fourth-order valence-electron chi connectivity index (χ4n) is 1.96. The van der Waals surface area contributed by atoms with Crippen LogP contribution in [0.3, 0.4) is 0 Å². The van der Waals surface area contributed by atoms with Crippen molar-refractivity contribution in [3.63, 3.8) is 0 Å². The summed E-state index contributed by atoms with van der Waals surface area (Å²) in [5.74, 6) is 0.257. The second kappa shape index (κ2) is 7.50. The Hall–Kier alpha value is -2.07. The molecule has 4 nitrogen and oxygen atoms in total. The zero-order valence-corrected chi connectivity index (χ0v) is 11.6. The van der Waals surface area contributed by atoms with Crippen molar-refractivity contribution in [1.29, 1.82) is 0 Å². The minimum atomic E-state index is -0.0893. The highest BCUT2D eigenvalue weighted by Gasteiger charge is 2.20. The summed E-state index contributed by atoms with van der Waals surface area (Å²) in [7, 11) is 1.51. The molecule has 1 aliphatic heterocycles. The monoisotopic (exact) mass is 273 g/mol. The molecule has 0 unspecified atom stereocenters. The van der Waals surface area contributed by atoms with Gasteiger partial charge in [0.1, 0.15) is 0 Å². The largest absolute Gasteiger partial charge is 0.491 e. The number of amides is 1. The van der Waals surface area contributed by atoms with E-state index in [1.165, 1.54) is 7.11 Å². The Kier molecular flexibility index (Phi) is 5.38. The van der Waals surface area contributed by atoms with E-state index in [0.717, 1.165) is 5.56 Å². The van der Waals surface area contributed by atoms with Crippen LogP contribution >= 0.6 is 0 Å². The molecule has 1 heterocycles. The highest BCUT2D eigenvalue weighted by atomic mass is 16.5. The molecule has 0 saturated carbocycles. The first-order chi connectivity index (χ1) is 9.81. The van der Waals surface area contributed by atoms with E-state index in [0.29, 0.717) is 32.1 Å². The Balaban J connectivity index is 2.01. The number of rotatable bonds is 4. The summed E-state index contributed by atoms with van der Waals surface area (Å²) >= 11 is 0. The molecule has 0 bridgehead atoms. The number of hydrogen-bond acceptors (Lipinski definition) is 3. The van der Waals surface area contributed by atoms with Gasteiger partial charge in [-0.15, -0.1) is 0 Å². The number of nitrogens with zero attached hydrogens (tertiary/aromatic N) is 1. The van der Waals surface area contributed by atoms with Crippen LogP contribution in [0.4, 0.5) is 0 Å². The van der Waals surface area contributed by atoms with Crippen LogP contribution in [0.2, 0.25) is 0 Å². The molecule has 1 aliphatic rings. The van der Waals surface area contributed by atoms with Crippen LogP contribution < -0.4 is 0 Å². The number of ether oxygens (including phenoxy) is 2. The van der Waals surface area contributed by atoms with Gasteiger partial charge in [-0.1, -0.05) is 42.5 Å². The maximum absolute atomic E-state index is 12.2. The molecule has 0 radical (unpaired) electrons. The van der Waals surface area contributed by atoms with Crippen LogP contribution in [0.5, 0.6) is 0 Å². The van der Waals surface area contributed by atoms with Gasteiger partial charge in [0.2, 0.25) is 0 Å². The van der Waals surface area contributed by atoms with E-state index in [2.05, 4.69) is 0 Å². The highest BCUT2D eigenvalue weighted by Crippen LogP contribution is 2.08. The fourth-order valence-corrected chi connectivity index (χ4v) is 1.96. The molecule has 4 heteroatoms. The van der Waals surface area contributed by atoms with Gasteiger partial charge < -0.3 is 14.4 Å².